The number of carbonyl (C=O) groups is 5. The highest BCUT2D eigenvalue weighted by atomic mass is 16.6. The summed E-state index contributed by atoms with van der Waals surface area (Å²) in [5.41, 5.74) is 0.293. The van der Waals surface area contributed by atoms with Crippen LogP contribution in [0.15, 0.2) is 54.6 Å². The molecule has 0 atom stereocenters. The van der Waals surface area contributed by atoms with Gasteiger partial charge in [0.05, 0.1) is 56.6 Å². The summed E-state index contributed by atoms with van der Waals surface area (Å²) < 4.78 is 29.9. The summed E-state index contributed by atoms with van der Waals surface area (Å²) in [5, 5.41) is 17.7. The van der Waals surface area contributed by atoms with Gasteiger partial charge in [-0.25, -0.2) is 19.2 Å². The Morgan fingerprint density at radius 3 is 1.30 bits per heavy atom. The SMILES string of the molecule is COC(=O)c1ccc(NC(=O)OC(C)(C)C)c(OC)c1.COC(=O)c1ccc(NC(=O)c2ccc(NC(=O)OC(C)(C)C)c(OC)c2)c(O)c1. The van der Waals surface area contributed by atoms with Crippen LogP contribution in [0, 0.1) is 0 Å². The molecule has 0 unspecified atom stereocenters. The summed E-state index contributed by atoms with van der Waals surface area (Å²) in [7, 11) is 5.36. The van der Waals surface area contributed by atoms with Gasteiger partial charge in [0.1, 0.15) is 28.5 Å². The lowest BCUT2D eigenvalue weighted by Gasteiger charge is -2.20. The largest absolute Gasteiger partial charge is 0.506 e. The number of nitrogens with one attached hydrogen (secondary N) is 3. The maximum Gasteiger partial charge on any atom is 0.412 e. The fourth-order valence-corrected chi connectivity index (χ4v) is 3.88. The van der Waals surface area contributed by atoms with Gasteiger partial charge < -0.3 is 38.8 Å². The van der Waals surface area contributed by atoms with Crippen molar-refractivity contribution in [2.75, 3.05) is 44.4 Å². The highest BCUT2D eigenvalue weighted by molar-refractivity contribution is 6.06. The normalized spacial score (nSPS) is 10.7. The molecule has 0 heterocycles. The van der Waals surface area contributed by atoms with Gasteiger partial charge in [-0.3, -0.25) is 15.4 Å². The quantitative estimate of drug-likeness (QED) is 0.112. The molecule has 0 aliphatic rings. The van der Waals surface area contributed by atoms with E-state index in [-0.39, 0.29) is 28.3 Å². The lowest BCUT2D eigenvalue weighted by Crippen LogP contribution is -2.27. The smallest absolute Gasteiger partial charge is 0.412 e. The van der Waals surface area contributed by atoms with Gasteiger partial charge in [0, 0.05) is 5.56 Å². The lowest BCUT2D eigenvalue weighted by atomic mass is 10.1. The zero-order valence-electron chi connectivity index (χ0n) is 29.6. The van der Waals surface area contributed by atoms with E-state index >= 15 is 0 Å². The van der Waals surface area contributed by atoms with Crippen molar-refractivity contribution < 1.29 is 57.5 Å². The Labute approximate surface area is 290 Å². The van der Waals surface area contributed by atoms with Gasteiger partial charge in [0.15, 0.2) is 0 Å². The minimum Gasteiger partial charge on any atom is -0.506 e. The first-order valence-electron chi connectivity index (χ1n) is 15.0. The maximum atomic E-state index is 12.5. The molecule has 4 N–H and O–H groups in total. The number of anilines is 3. The number of benzene rings is 3. The molecular weight excluding hydrogens is 654 g/mol. The van der Waals surface area contributed by atoms with Crippen LogP contribution in [0.5, 0.6) is 17.2 Å². The summed E-state index contributed by atoms with van der Waals surface area (Å²) >= 11 is 0. The fraction of sp³-hybridized carbons (Fsp3) is 0.343. The van der Waals surface area contributed by atoms with E-state index in [4.69, 9.17) is 18.9 Å². The Balaban J connectivity index is 0.000000377. The predicted molar refractivity (Wildman–Crippen MR) is 184 cm³/mol. The Morgan fingerprint density at radius 1 is 0.540 bits per heavy atom. The molecule has 3 amide bonds. The first-order valence-corrected chi connectivity index (χ1v) is 15.0. The lowest BCUT2D eigenvalue weighted by molar-refractivity contribution is 0.0591. The number of phenols is 1. The Hall–Kier alpha value is -5.99. The molecule has 270 valence electrons. The average Bonchev–Trinajstić information content (AvgIpc) is 3.03. The second-order valence-corrected chi connectivity index (χ2v) is 12.3. The van der Waals surface area contributed by atoms with Gasteiger partial charge in [-0.1, -0.05) is 0 Å². The highest BCUT2D eigenvalue weighted by Gasteiger charge is 2.20. The molecule has 0 spiro atoms. The molecule has 0 radical (unpaired) electrons. The van der Waals surface area contributed by atoms with Crippen LogP contribution in [-0.4, -0.2) is 74.8 Å². The number of ether oxygens (including phenoxy) is 6. The topological polar surface area (TPSA) is 197 Å². The van der Waals surface area contributed by atoms with E-state index in [2.05, 4.69) is 25.4 Å². The third kappa shape index (κ3) is 12.6. The molecule has 0 saturated heterocycles. The molecule has 0 aliphatic carbocycles. The number of carbonyl (C=O) groups excluding carboxylic acids is 5. The molecule has 0 bridgehead atoms. The molecule has 3 aromatic carbocycles. The fourth-order valence-electron chi connectivity index (χ4n) is 3.88. The van der Waals surface area contributed by atoms with E-state index in [9.17, 15) is 29.1 Å². The Bertz CT molecular complexity index is 1710. The van der Waals surface area contributed by atoms with E-state index in [1.807, 2.05) is 0 Å². The average molecular weight is 698 g/mol. The number of hydrogen-bond donors (Lipinski definition) is 4. The third-order valence-corrected chi connectivity index (χ3v) is 6.02. The molecular formula is C35H43N3O12. The maximum absolute atomic E-state index is 12.5. The van der Waals surface area contributed by atoms with E-state index in [0.29, 0.717) is 22.7 Å². The second-order valence-electron chi connectivity index (χ2n) is 12.3. The van der Waals surface area contributed by atoms with Crippen molar-refractivity contribution >= 4 is 47.1 Å². The van der Waals surface area contributed by atoms with E-state index in [1.54, 1.807) is 47.6 Å². The van der Waals surface area contributed by atoms with E-state index < -0.39 is 41.2 Å². The number of aromatic hydroxyl groups is 1. The zero-order chi connectivity index (χ0) is 37.8. The van der Waals surface area contributed by atoms with Crippen molar-refractivity contribution in [2.45, 2.75) is 52.7 Å². The highest BCUT2D eigenvalue weighted by Crippen LogP contribution is 2.29. The first kappa shape index (κ1) is 40.2. The molecule has 3 rings (SSSR count). The Kier molecular flexibility index (Phi) is 14.0. The zero-order valence-corrected chi connectivity index (χ0v) is 29.6. The van der Waals surface area contributed by atoms with Crippen LogP contribution < -0.4 is 25.4 Å². The number of rotatable bonds is 8. The molecule has 0 fully saturated rings. The number of methoxy groups -OCH3 is 4. The number of esters is 2. The monoisotopic (exact) mass is 697 g/mol. The van der Waals surface area contributed by atoms with Gasteiger partial charge in [-0.15, -0.1) is 0 Å². The summed E-state index contributed by atoms with van der Waals surface area (Å²) in [4.78, 5) is 59.1. The van der Waals surface area contributed by atoms with Gasteiger partial charge >= 0.3 is 24.1 Å². The van der Waals surface area contributed by atoms with Crippen molar-refractivity contribution in [2.24, 2.45) is 0 Å². The van der Waals surface area contributed by atoms with Crippen LogP contribution in [0.25, 0.3) is 0 Å². The minimum absolute atomic E-state index is 0.113. The van der Waals surface area contributed by atoms with Crippen molar-refractivity contribution in [3.63, 3.8) is 0 Å². The second kappa shape index (κ2) is 17.4. The van der Waals surface area contributed by atoms with Gasteiger partial charge in [-0.2, -0.15) is 0 Å². The third-order valence-electron chi connectivity index (χ3n) is 6.02. The van der Waals surface area contributed by atoms with Crippen molar-refractivity contribution in [3.05, 3.63) is 71.3 Å². The first-order chi connectivity index (χ1) is 23.3. The van der Waals surface area contributed by atoms with Crippen LogP contribution in [0.2, 0.25) is 0 Å². The molecule has 0 aromatic heterocycles. The number of hydrogen-bond acceptors (Lipinski definition) is 12. The van der Waals surface area contributed by atoms with Crippen LogP contribution in [0.4, 0.5) is 26.7 Å². The van der Waals surface area contributed by atoms with Crippen LogP contribution in [-0.2, 0) is 18.9 Å². The number of phenolic OH excluding ortho intramolecular Hbond substituents is 1. The molecule has 0 saturated carbocycles. The van der Waals surface area contributed by atoms with E-state index in [0.717, 1.165) is 0 Å². The van der Waals surface area contributed by atoms with Crippen LogP contribution in [0.1, 0.15) is 72.6 Å². The summed E-state index contributed by atoms with van der Waals surface area (Å²) in [6.07, 6.45) is -1.25. The molecule has 3 aromatic rings. The van der Waals surface area contributed by atoms with E-state index in [1.165, 1.54) is 77.0 Å². The van der Waals surface area contributed by atoms with Gasteiger partial charge in [0.2, 0.25) is 0 Å². The summed E-state index contributed by atoms with van der Waals surface area (Å²) in [6, 6.07) is 13.0. The van der Waals surface area contributed by atoms with Crippen LogP contribution >= 0.6 is 0 Å². The molecule has 15 heteroatoms. The van der Waals surface area contributed by atoms with Gasteiger partial charge in [-0.05, 0) is 96.1 Å². The summed E-state index contributed by atoms with van der Waals surface area (Å²) in [5.74, 6) is -1.31. The predicted octanol–water partition coefficient (Wildman–Crippen LogP) is 6.62. The standard InChI is InChI=1S/C21H24N2O7.C14H19NO5/c1-21(2,3)30-20(27)23-15-9-6-12(11-17(15)28-4)18(25)22-14-8-7-13(10-16(14)24)19(26)29-5;1-14(2,3)20-13(17)15-10-7-6-9(12(16)19-5)8-11(10)18-4/h6-11,24H,1-5H3,(H,22,25)(H,23,27);6-8H,1-5H3,(H,15,17). The Morgan fingerprint density at radius 2 is 0.920 bits per heavy atom. The molecule has 50 heavy (non-hydrogen) atoms. The van der Waals surface area contributed by atoms with Crippen molar-refractivity contribution in [1.29, 1.82) is 0 Å². The van der Waals surface area contributed by atoms with Crippen molar-refractivity contribution in [3.8, 4) is 17.2 Å². The van der Waals surface area contributed by atoms with Crippen LogP contribution in [0.3, 0.4) is 0 Å². The molecule has 15 nitrogen and oxygen atoms in total. The molecule has 0 aliphatic heterocycles. The summed E-state index contributed by atoms with van der Waals surface area (Å²) in [6.45, 7) is 10.5. The van der Waals surface area contributed by atoms with Crippen molar-refractivity contribution in [1.82, 2.24) is 0 Å². The minimum atomic E-state index is -0.664. The van der Waals surface area contributed by atoms with Gasteiger partial charge in [0.25, 0.3) is 5.91 Å². The number of amides is 3.